The molecule has 1 aliphatic rings. The highest BCUT2D eigenvalue weighted by atomic mass is 16.2. The Morgan fingerprint density at radius 1 is 1.08 bits per heavy atom. The van der Waals surface area contributed by atoms with Crippen LogP contribution in [0.15, 0.2) is 30.3 Å². The topological polar surface area (TPSA) is 64.7 Å². The summed E-state index contributed by atoms with van der Waals surface area (Å²) in [5.74, 6) is -0.0151. The maximum Gasteiger partial charge on any atom is 0.317 e. The maximum atomic E-state index is 12.3. The highest BCUT2D eigenvalue weighted by molar-refractivity contribution is 5.92. The molecule has 144 valence electrons. The lowest BCUT2D eigenvalue weighted by molar-refractivity contribution is -0.117. The number of nitrogens with one attached hydrogen (secondary N) is 2. The number of piperazine rings is 1. The lowest BCUT2D eigenvalue weighted by atomic mass is 10.1. The van der Waals surface area contributed by atoms with E-state index in [1.807, 2.05) is 35.2 Å². The van der Waals surface area contributed by atoms with E-state index in [2.05, 4.69) is 29.4 Å². The van der Waals surface area contributed by atoms with E-state index in [1.54, 1.807) is 0 Å². The number of carbonyl (C=O) groups is 2. The van der Waals surface area contributed by atoms with Crippen LogP contribution in [0.3, 0.4) is 0 Å². The molecule has 1 aliphatic heterocycles. The molecule has 0 bridgehead atoms. The molecule has 0 radical (unpaired) electrons. The fourth-order valence-corrected chi connectivity index (χ4v) is 3.11. The summed E-state index contributed by atoms with van der Waals surface area (Å²) in [5, 5.41) is 5.99. The Kier molecular flexibility index (Phi) is 8.41. The largest absolute Gasteiger partial charge is 0.336 e. The number of rotatable bonds is 8. The van der Waals surface area contributed by atoms with Crippen molar-refractivity contribution in [3.05, 3.63) is 30.3 Å². The third-order valence-corrected chi connectivity index (χ3v) is 4.69. The van der Waals surface area contributed by atoms with Gasteiger partial charge in [0.05, 0.1) is 6.54 Å². The third-order valence-electron chi connectivity index (χ3n) is 4.69. The zero-order valence-electron chi connectivity index (χ0n) is 16.0. The molecule has 3 amide bonds. The van der Waals surface area contributed by atoms with Crippen LogP contribution >= 0.6 is 0 Å². The molecule has 26 heavy (non-hydrogen) atoms. The first kappa shape index (κ1) is 20.2. The van der Waals surface area contributed by atoms with Crippen LogP contribution in [0.1, 0.15) is 39.5 Å². The van der Waals surface area contributed by atoms with Crippen molar-refractivity contribution in [3.8, 4) is 0 Å². The molecule has 6 nitrogen and oxygen atoms in total. The highest BCUT2D eigenvalue weighted by Gasteiger charge is 2.23. The molecule has 2 rings (SSSR count). The van der Waals surface area contributed by atoms with Crippen LogP contribution in [-0.4, -0.2) is 60.5 Å². The van der Waals surface area contributed by atoms with Gasteiger partial charge in [-0.15, -0.1) is 0 Å². The number of para-hydroxylation sites is 1. The first-order chi connectivity index (χ1) is 12.6. The van der Waals surface area contributed by atoms with Crippen molar-refractivity contribution in [3.63, 3.8) is 0 Å². The van der Waals surface area contributed by atoms with Gasteiger partial charge in [0.25, 0.3) is 0 Å². The van der Waals surface area contributed by atoms with Crippen LogP contribution in [-0.2, 0) is 4.79 Å². The second-order valence-corrected chi connectivity index (χ2v) is 7.02. The molecule has 0 aromatic heterocycles. The van der Waals surface area contributed by atoms with Crippen molar-refractivity contribution in [1.82, 2.24) is 15.1 Å². The normalized spacial score (nSPS) is 16.2. The molecule has 1 atom stereocenters. The summed E-state index contributed by atoms with van der Waals surface area (Å²) in [7, 11) is 0. The fourth-order valence-electron chi connectivity index (χ4n) is 3.11. The Bertz CT molecular complexity index is 556. The predicted octanol–water partition coefficient (Wildman–Crippen LogP) is 2.92. The van der Waals surface area contributed by atoms with Gasteiger partial charge in [-0.1, -0.05) is 44.4 Å². The van der Waals surface area contributed by atoms with Gasteiger partial charge >= 0.3 is 6.03 Å². The van der Waals surface area contributed by atoms with E-state index in [0.717, 1.165) is 31.6 Å². The summed E-state index contributed by atoms with van der Waals surface area (Å²) in [6, 6.07) is 9.70. The van der Waals surface area contributed by atoms with E-state index in [1.165, 1.54) is 12.8 Å². The van der Waals surface area contributed by atoms with Gasteiger partial charge in [0.2, 0.25) is 5.91 Å². The van der Waals surface area contributed by atoms with Crippen molar-refractivity contribution >= 4 is 17.6 Å². The third kappa shape index (κ3) is 7.04. The van der Waals surface area contributed by atoms with E-state index in [-0.39, 0.29) is 18.0 Å². The smallest absolute Gasteiger partial charge is 0.317 e. The van der Waals surface area contributed by atoms with Crippen LogP contribution in [0.2, 0.25) is 0 Å². The van der Waals surface area contributed by atoms with Crippen LogP contribution in [0, 0.1) is 0 Å². The summed E-state index contributed by atoms with van der Waals surface area (Å²) in [5.41, 5.74) is 0.813. The Morgan fingerprint density at radius 2 is 1.77 bits per heavy atom. The van der Waals surface area contributed by atoms with Crippen molar-refractivity contribution in [2.24, 2.45) is 0 Å². The van der Waals surface area contributed by atoms with Crippen molar-refractivity contribution in [2.45, 2.75) is 45.6 Å². The second-order valence-electron chi connectivity index (χ2n) is 7.02. The molecule has 6 heteroatoms. The first-order valence-corrected chi connectivity index (χ1v) is 9.71. The van der Waals surface area contributed by atoms with Crippen LogP contribution in [0.4, 0.5) is 10.5 Å². The molecule has 0 spiro atoms. The lowest BCUT2D eigenvalue weighted by Crippen LogP contribution is -2.54. The Balaban J connectivity index is 1.66. The standard InChI is InChI=1S/C20H32N4O2/c1-3-4-6-9-17(2)21-20(26)24-14-12-23(13-15-24)16-19(25)22-18-10-7-5-8-11-18/h5,7-8,10-11,17H,3-4,6,9,12-16H2,1-2H3,(H,21,26)(H,22,25). The minimum Gasteiger partial charge on any atom is -0.336 e. The highest BCUT2D eigenvalue weighted by Crippen LogP contribution is 2.08. The van der Waals surface area contributed by atoms with E-state index >= 15 is 0 Å². The van der Waals surface area contributed by atoms with E-state index in [0.29, 0.717) is 19.6 Å². The minimum absolute atomic E-state index is 0.0151. The van der Waals surface area contributed by atoms with Gasteiger partial charge in [0.1, 0.15) is 0 Å². The molecule has 1 aromatic carbocycles. The number of benzene rings is 1. The molecule has 0 aliphatic carbocycles. The van der Waals surface area contributed by atoms with Gasteiger partial charge in [0, 0.05) is 37.9 Å². The number of urea groups is 1. The summed E-state index contributed by atoms with van der Waals surface area (Å²) < 4.78 is 0. The molecule has 1 fully saturated rings. The van der Waals surface area contributed by atoms with Gasteiger partial charge in [-0.05, 0) is 25.5 Å². The Morgan fingerprint density at radius 3 is 2.42 bits per heavy atom. The molecule has 1 unspecified atom stereocenters. The number of carbonyl (C=O) groups excluding carboxylic acids is 2. The molecule has 1 saturated heterocycles. The van der Waals surface area contributed by atoms with E-state index < -0.39 is 0 Å². The molecule has 2 N–H and O–H groups in total. The lowest BCUT2D eigenvalue weighted by Gasteiger charge is -2.34. The molecular weight excluding hydrogens is 328 g/mol. The number of hydrogen-bond acceptors (Lipinski definition) is 3. The van der Waals surface area contributed by atoms with Crippen molar-refractivity contribution < 1.29 is 9.59 Å². The van der Waals surface area contributed by atoms with E-state index in [9.17, 15) is 9.59 Å². The SMILES string of the molecule is CCCCCC(C)NC(=O)N1CCN(CC(=O)Nc2ccccc2)CC1. The zero-order valence-corrected chi connectivity index (χ0v) is 16.0. The Hall–Kier alpha value is -2.08. The van der Waals surface area contributed by atoms with Gasteiger partial charge in [-0.3, -0.25) is 9.69 Å². The van der Waals surface area contributed by atoms with Crippen molar-refractivity contribution in [2.75, 3.05) is 38.0 Å². The van der Waals surface area contributed by atoms with Gasteiger partial charge in [-0.25, -0.2) is 4.79 Å². The number of amides is 3. The summed E-state index contributed by atoms with van der Waals surface area (Å²) >= 11 is 0. The van der Waals surface area contributed by atoms with Gasteiger partial charge < -0.3 is 15.5 Å². The Labute approximate surface area is 156 Å². The predicted molar refractivity (Wildman–Crippen MR) is 105 cm³/mol. The monoisotopic (exact) mass is 360 g/mol. The second kappa shape index (κ2) is 10.8. The summed E-state index contributed by atoms with van der Waals surface area (Å²) in [4.78, 5) is 28.4. The number of nitrogens with zero attached hydrogens (tertiary/aromatic N) is 2. The fraction of sp³-hybridized carbons (Fsp3) is 0.600. The molecule has 1 heterocycles. The van der Waals surface area contributed by atoms with Gasteiger partial charge in [0.15, 0.2) is 0 Å². The van der Waals surface area contributed by atoms with Gasteiger partial charge in [-0.2, -0.15) is 0 Å². The quantitative estimate of drug-likeness (QED) is 0.701. The maximum absolute atomic E-state index is 12.3. The van der Waals surface area contributed by atoms with Crippen LogP contribution in [0.5, 0.6) is 0 Å². The first-order valence-electron chi connectivity index (χ1n) is 9.71. The summed E-state index contributed by atoms with van der Waals surface area (Å²) in [6.07, 6.45) is 4.59. The van der Waals surface area contributed by atoms with Crippen LogP contribution < -0.4 is 10.6 Å². The van der Waals surface area contributed by atoms with Crippen molar-refractivity contribution in [1.29, 1.82) is 0 Å². The molecular formula is C20H32N4O2. The van der Waals surface area contributed by atoms with Crippen LogP contribution in [0.25, 0.3) is 0 Å². The summed E-state index contributed by atoms with van der Waals surface area (Å²) in [6.45, 7) is 7.37. The molecule has 0 saturated carbocycles. The number of hydrogen-bond donors (Lipinski definition) is 2. The zero-order chi connectivity index (χ0) is 18.8. The molecule has 1 aromatic rings. The van der Waals surface area contributed by atoms with E-state index in [4.69, 9.17) is 0 Å². The average molecular weight is 361 g/mol. The average Bonchev–Trinajstić information content (AvgIpc) is 2.63. The number of anilines is 1. The number of unbranched alkanes of at least 4 members (excludes halogenated alkanes) is 2. The minimum atomic E-state index is -0.0151.